The zero-order chi connectivity index (χ0) is 15.2. The van der Waals surface area contributed by atoms with Gasteiger partial charge in [0.25, 0.3) is 0 Å². The number of methoxy groups -OCH3 is 1. The minimum atomic E-state index is -3.59. The maximum atomic E-state index is 11.9. The quantitative estimate of drug-likeness (QED) is 0.502. The zero-order valence-electron chi connectivity index (χ0n) is 11.6. The molecule has 0 heterocycles. The van der Waals surface area contributed by atoms with Crippen molar-refractivity contribution in [2.45, 2.75) is 17.4 Å². The maximum absolute atomic E-state index is 11.9. The summed E-state index contributed by atoms with van der Waals surface area (Å²) in [5.74, 6) is 0. The molecular formula is C12H21N3O4S. The Morgan fingerprint density at radius 2 is 2.15 bits per heavy atom. The van der Waals surface area contributed by atoms with Gasteiger partial charge >= 0.3 is 0 Å². The maximum Gasteiger partial charge on any atom is 0.242 e. The van der Waals surface area contributed by atoms with E-state index in [0.717, 1.165) is 0 Å². The Morgan fingerprint density at radius 1 is 1.45 bits per heavy atom. The highest BCUT2D eigenvalue weighted by molar-refractivity contribution is 7.89. The van der Waals surface area contributed by atoms with Gasteiger partial charge in [0.1, 0.15) is 4.90 Å². The average Bonchev–Trinajstić information content (AvgIpc) is 2.40. The summed E-state index contributed by atoms with van der Waals surface area (Å²) in [4.78, 5) is 0.0845. The standard InChI is InChI=1S/C12H21N3O4S/c1-14-20(17,18)12-7-9(13)3-4-11(12)15-6-5-10(16)8-19-2/h3-4,7,10,14-16H,5-6,8,13H2,1-2H3. The number of nitrogens with one attached hydrogen (secondary N) is 2. The lowest BCUT2D eigenvalue weighted by Crippen LogP contribution is -2.22. The number of sulfonamides is 1. The number of nitrogen functional groups attached to an aromatic ring is 1. The van der Waals surface area contributed by atoms with Gasteiger partial charge in [0, 0.05) is 19.3 Å². The molecule has 8 heteroatoms. The summed E-state index contributed by atoms with van der Waals surface area (Å²) in [6, 6.07) is 4.60. The van der Waals surface area contributed by atoms with Crippen molar-refractivity contribution >= 4 is 21.4 Å². The Hall–Kier alpha value is -1.35. The summed E-state index contributed by atoms with van der Waals surface area (Å²) in [6.07, 6.45) is -0.150. The second-order valence-corrected chi connectivity index (χ2v) is 6.14. The fraction of sp³-hybridized carbons (Fsp3) is 0.500. The van der Waals surface area contributed by atoms with Crippen molar-refractivity contribution in [3.05, 3.63) is 18.2 Å². The van der Waals surface area contributed by atoms with E-state index in [1.165, 1.54) is 20.2 Å². The molecule has 0 aliphatic carbocycles. The Balaban J connectivity index is 2.80. The lowest BCUT2D eigenvalue weighted by Gasteiger charge is -2.14. The van der Waals surface area contributed by atoms with Crippen LogP contribution in [0.5, 0.6) is 0 Å². The van der Waals surface area contributed by atoms with E-state index in [-0.39, 0.29) is 11.5 Å². The number of rotatable bonds is 8. The molecule has 20 heavy (non-hydrogen) atoms. The van der Waals surface area contributed by atoms with Crippen LogP contribution < -0.4 is 15.8 Å². The van der Waals surface area contributed by atoms with E-state index >= 15 is 0 Å². The highest BCUT2D eigenvalue weighted by Crippen LogP contribution is 2.23. The van der Waals surface area contributed by atoms with Crippen LogP contribution in [-0.2, 0) is 14.8 Å². The van der Waals surface area contributed by atoms with Crippen molar-refractivity contribution in [2.75, 3.05) is 38.4 Å². The first-order valence-corrected chi connectivity index (χ1v) is 7.63. The van der Waals surface area contributed by atoms with Crippen molar-refractivity contribution in [1.29, 1.82) is 0 Å². The van der Waals surface area contributed by atoms with Gasteiger partial charge in [0.2, 0.25) is 10.0 Å². The lowest BCUT2D eigenvalue weighted by atomic mass is 10.2. The molecule has 0 aliphatic heterocycles. The number of aliphatic hydroxyl groups is 1. The van der Waals surface area contributed by atoms with Crippen LogP contribution in [0.15, 0.2) is 23.1 Å². The van der Waals surface area contributed by atoms with E-state index in [2.05, 4.69) is 10.0 Å². The van der Waals surface area contributed by atoms with Gasteiger partial charge in [-0.2, -0.15) is 0 Å². The molecule has 1 unspecified atom stereocenters. The molecule has 0 saturated carbocycles. The van der Waals surface area contributed by atoms with Gasteiger partial charge in [0.05, 0.1) is 18.4 Å². The third kappa shape index (κ3) is 4.64. The van der Waals surface area contributed by atoms with E-state index in [4.69, 9.17) is 10.5 Å². The van der Waals surface area contributed by atoms with Crippen molar-refractivity contribution in [2.24, 2.45) is 0 Å². The molecule has 1 aromatic rings. The van der Waals surface area contributed by atoms with Crippen LogP contribution in [0.25, 0.3) is 0 Å². The highest BCUT2D eigenvalue weighted by atomic mass is 32.2. The summed E-state index contributed by atoms with van der Waals surface area (Å²) in [6.45, 7) is 0.659. The molecule has 0 aromatic heterocycles. The van der Waals surface area contributed by atoms with E-state index < -0.39 is 16.1 Å². The van der Waals surface area contributed by atoms with Gasteiger partial charge in [-0.05, 0) is 31.7 Å². The molecule has 0 spiro atoms. The molecule has 7 nitrogen and oxygen atoms in total. The van der Waals surface area contributed by atoms with Crippen LogP contribution in [0, 0.1) is 0 Å². The van der Waals surface area contributed by atoms with Gasteiger partial charge in [-0.15, -0.1) is 0 Å². The van der Waals surface area contributed by atoms with Crippen molar-refractivity contribution < 1.29 is 18.3 Å². The molecule has 1 rings (SSSR count). The normalized spacial score (nSPS) is 13.2. The topological polar surface area (TPSA) is 114 Å². The van der Waals surface area contributed by atoms with Crippen LogP contribution in [-0.4, -0.2) is 46.9 Å². The molecule has 1 aromatic carbocycles. The van der Waals surface area contributed by atoms with E-state index in [1.54, 1.807) is 12.1 Å². The van der Waals surface area contributed by atoms with E-state index in [1.807, 2.05) is 0 Å². The van der Waals surface area contributed by atoms with E-state index in [0.29, 0.717) is 24.3 Å². The summed E-state index contributed by atoms with van der Waals surface area (Å²) < 4.78 is 30.9. The lowest BCUT2D eigenvalue weighted by molar-refractivity contribution is 0.0615. The number of anilines is 2. The van der Waals surface area contributed by atoms with Crippen molar-refractivity contribution in [3.8, 4) is 0 Å². The van der Waals surface area contributed by atoms with Gasteiger partial charge in [-0.1, -0.05) is 0 Å². The van der Waals surface area contributed by atoms with Gasteiger partial charge in [-0.3, -0.25) is 0 Å². The molecule has 5 N–H and O–H groups in total. The van der Waals surface area contributed by atoms with Crippen LogP contribution >= 0.6 is 0 Å². The van der Waals surface area contributed by atoms with Crippen molar-refractivity contribution in [3.63, 3.8) is 0 Å². The molecule has 0 amide bonds. The van der Waals surface area contributed by atoms with E-state index in [9.17, 15) is 13.5 Å². The smallest absolute Gasteiger partial charge is 0.242 e. The molecule has 0 fully saturated rings. The summed E-state index contributed by atoms with van der Waals surface area (Å²) in [5, 5.41) is 12.5. The molecule has 0 radical (unpaired) electrons. The second kappa shape index (κ2) is 7.44. The number of hydrogen-bond acceptors (Lipinski definition) is 6. The Kier molecular flexibility index (Phi) is 6.21. The predicted octanol–water partition coefficient (Wildman–Crippen LogP) is -0.0138. The van der Waals surface area contributed by atoms with Crippen molar-refractivity contribution in [1.82, 2.24) is 4.72 Å². The zero-order valence-corrected chi connectivity index (χ0v) is 12.4. The molecule has 1 atom stereocenters. The largest absolute Gasteiger partial charge is 0.399 e. The van der Waals surface area contributed by atoms with Gasteiger partial charge in [-0.25, -0.2) is 13.1 Å². The molecule has 0 bridgehead atoms. The number of benzene rings is 1. The Labute approximate surface area is 119 Å². The SMILES string of the molecule is CNS(=O)(=O)c1cc(N)ccc1NCCC(O)COC. The van der Waals surface area contributed by atoms with Crippen LogP contribution in [0.4, 0.5) is 11.4 Å². The first-order chi connectivity index (χ1) is 9.40. The average molecular weight is 303 g/mol. The number of hydrogen-bond donors (Lipinski definition) is 4. The first kappa shape index (κ1) is 16.7. The van der Waals surface area contributed by atoms with Gasteiger partial charge < -0.3 is 20.9 Å². The summed E-state index contributed by atoms with van der Waals surface area (Å²) in [5.41, 5.74) is 6.43. The fourth-order valence-electron chi connectivity index (χ4n) is 1.67. The number of ether oxygens (including phenoxy) is 1. The van der Waals surface area contributed by atoms with Crippen LogP contribution in [0.1, 0.15) is 6.42 Å². The minimum Gasteiger partial charge on any atom is -0.399 e. The highest BCUT2D eigenvalue weighted by Gasteiger charge is 2.17. The fourth-order valence-corrected chi connectivity index (χ4v) is 2.61. The Morgan fingerprint density at radius 3 is 2.75 bits per heavy atom. The molecule has 0 aliphatic rings. The van der Waals surface area contributed by atoms with Gasteiger partial charge in [0.15, 0.2) is 0 Å². The van der Waals surface area contributed by atoms with Crippen LogP contribution in [0.3, 0.4) is 0 Å². The first-order valence-electron chi connectivity index (χ1n) is 6.14. The summed E-state index contributed by atoms with van der Waals surface area (Å²) in [7, 11) is -0.746. The number of aliphatic hydroxyl groups excluding tert-OH is 1. The molecule has 0 saturated heterocycles. The monoisotopic (exact) mass is 303 g/mol. The third-order valence-corrected chi connectivity index (χ3v) is 4.17. The minimum absolute atomic E-state index is 0.0845. The third-order valence-electron chi connectivity index (χ3n) is 2.72. The second-order valence-electron chi connectivity index (χ2n) is 4.29. The Bertz CT molecular complexity index is 534. The number of nitrogens with two attached hydrogens (primary N) is 1. The molecule has 114 valence electrons. The summed E-state index contributed by atoms with van der Waals surface area (Å²) >= 11 is 0. The van der Waals surface area contributed by atoms with Crippen LogP contribution in [0.2, 0.25) is 0 Å². The molecular weight excluding hydrogens is 282 g/mol. The predicted molar refractivity (Wildman–Crippen MR) is 78.1 cm³/mol.